The van der Waals surface area contributed by atoms with Crippen LogP contribution in [0.3, 0.4) is 0 Å². The maximum atomic E-state index is 11.2. The fourth-order valence-corrected chi connectivity index (χ4v) is 2.25. The highest BCUT2D eigenvalue weighted by molar-refractivity contribution is 5.88. The van der Waals surface area contributed by atoms with Crippen LogP contribution < -0.4 is 15.8 Å². The lowest BCUT2D eigenvalue weighted by Crippen LogP contribution is -2.31. The van der Waals surface area contributed by atoms with Crippen molar-refractivity contribution < 1.29 is 9.53 Å². The number of carbonyl (C=O) groups is 1. The van der Waals surface area contributed by atoms with Crippen LogP contribution >= 0.6 is 0 Å². The number of hydrogen-bond acceptors (Lipinski definition) is 3. The first-order chi connectivity index (χ1) is 10.1. The zero-order chi connectivity index (χ0) is 15.2. The van der Waals surface area contributed by atoms with Crippen molar-refractivity contribution >= 4 is 16.7 Å². The molecule has 0 aromatic heterocycles. The molecule has 0 saturated heterocycles. The van der Waals surface area contributed by atoms with Gasteiger partial charge in [0.15, 0.2) is 6.10 Å². The van der Waals surface area contributed by atoms with Crippen LogP contribution in [0, 0.1) is 0 Å². The van der Waals surface area contributed by atoms with Gasteiger partial charge in [-0.3, -0.25) is 4.79 Å². The Balaban J connectivity index is 2.38. The first kappa shape index (κ1) is 15.3. The summed E-state index contributed by atoms with van der Waals surface area (Å²) in [5.41, 5.74) is 6.35. The van der Waals surface area contributed by atoms with E-state index in [1.165, 1.54) is 0 Å². The summed E-state index contributed by atoms with van der Waals surface area (Å²) in [4.78, 5) is 11.2. The van der Waals surface area contributed by atoms with E-state index in [2.05, 4.69) is 24.4 Å². The first-order valence-electron chi connectivity index (χ1n) is 7.30. The van der Waals surface area contributed by atoms with Gasteiger partial charge in [0.05, 0.1) is 0 Å². The zero-order valence-corrected chi connectivity index (χ0v) is 12.6. The number of carbonyl (C=O) groups excluding carboxylic acids is 1. The Morgan fingerprint density at radius 1 is 1.29 bits per heavy atom. The van der Waals surface area contributed by atoms with E-state index in [1.54, 1.807) is 6.92 Å². The summed E-state index contributed by atoms with van der Waals surface area (Å²) in [7, 11) is 0. The van der Waals surface area contributed by atoms with Gasteiger partial charge in [0.1, 0.15) is 5.75 Å². The number of ether oxygens (including phenoxy) is 1. The Morgan fingerprint density at radius 2 is 2.05 bits per heavy atom. The van der Waals surface area contributed by atoms with Gasteiger partial charge in [0.25, 0.3) is 5.91 Å². The number of nitrogens with one attached hydrogen (secondary N) is 1. The van der Waals surface area contributed by atoms with E-state index < -0.39 is 12.0 Å². The Bertz CT molecular complexity index is 625. The van der Waals surface area contributed by atoms with Gasteiger partial charge in [-0.15, -0.1) is 0 Å². The molecule has 112 valence electrons. The summed E-state index contributed by atoms with van der Waals surface area (Å²) in [5.74, 6) is 0.249. The molecule has 1 atom stereocenters. The quantitative estimate of drug-likeness (QED) is 0.769. The molecule has 2 aromatic carbocycles. The molecule has 0 aliphatic carbocycles. The highest BCUT2D eigenvalue weighted by Gasteiger charge is 2.14. The Labute approximate surface area is 125 Å². The summed E-state index contributed by atoms with van der Waals surface area (Å²) in [5, 5.41) is 5.68. The minimum absolute atomic E-state index is 0.462. The van der Waals surface area contributed by atoms with Crippen LogP contribution in [0.5, 0.6) is 5.75 Å². The summed E-state index contributed by atoms with van der Waals surface area (Å²) >= 11 is 0. The third-order valence-corrected chi connectivity index (χ3v) is 3.43. The molecular formula is C17H22N2O2. The average Bonchev–Trinajstić information content (AvgIpc) is 2.49. The molecule has 2 rings (SSSR count). The van der Waals surface area contributed by atoms with Gasteiger partial charge in [-0.25, -0.2) is 0 Å². The number of hydrogen-bond donors (Lipinski definition) is 2. The van der Waals surface area contributed by atoms with Gasteiger partial charge in [-0.2, -0.15) is 0 Å². The lowest BCUT2D eigenvalue weighted by atomic mass is 10.0. The number of nitrogens with two attached hydrogens (primary N) is 1. The highest BCUT2D eigenvalue weighted by Crippen LogP contribution is 2.28. The molecule has 0 saturated carbocycles. The third-order valence-electron chi connectivity index (χ3n) is 3.43. The van der Waals surface area contributed by atoms with Gasteiger partial charge in [0, 0.05) is 12.1 Å². The molecule has 0 heterocycles. The molecule has 1 unspecified atom stereocenters. The van der Waals surface area contributed by atoms with Crippen molar-refractivity contribution in [1.29, 1.82) is 0 Å². The van der Waals surface area contributed by atoms with E-state index in [0.717, 1.165) is 29.3 Å². The van der Waals surface area contributed by atoms with Crippen LogP contribution in [0.25, 0.3) is 10.8 Å². The van der Waals surface area contributed by atoms with E-state index in [1.807, 2.05) is 24.3 Å². The van der Waals surface area contributed by atoms with Crippen LogP contribution in [0.15, 0.2) is 36.4 Å². The average molecular weight is 286 g/mol. The molecular weight excluding hydrogens is 264 g/mol. The zero-order valence-electron chi connectivity index (χ0n) is 12.6. The maximum absolute atomic E-state index is 11.2. The Hall–Kier alpha value is -2.07. The second-order valence-electron chi connectivity index (χ2n) is 5.10. The number of primary amides is 1. The molecule has 0 bridgehead atoms. The van der Waals surface area contributed by atoms with Crippen LogP contribution in [0.4, 0.5) is 0 Å². The molecule has 0 aliphatic rings. The van der Waals surface area contributed by atoms with Gasteiger partial charge >= 0.3 is 0 Å². The van der Waals surface area contributed by atoms with Crippen molar-refractivity contribution in [3.63, 3.8) is 0 Å². The van der Waals surface area contributed by atoms with Crippen molar-refractivity contribution in [3.8, 4) is 5.75 Å². The van der Waals surface area contributed by atoms with E-state index in [-0.39, 0.29) is 0 Å². The fourth-order valence-electron chi connectivity index (χ4n) is 2.25. The topological polar surface area (TPSA) is 64.3 Å². The van der Waals surface area contributed by atoms with Crippen molar-refractivity contribution in [2.24, 2.45) is 5.73 Å². The van der Waals surface area contributed by atoms with Gasteiger partial charge in [-0.05, 0) is 36.7 Å². The number of fused-ring (bicyclic) bond motifs is 1. The van der Waals surface area contributed by atoms with Crippen LogP contribution in [-0.4, -0.2) is 18.6 Å². The third kappa shape index (κ3) is 3.73. The second-order valence-corrected chi connectivity index (χ2v) is 5.10. The minimum Gasteiger partial charge on any atom is -0.481 e. The van der Waals surface area contributed by atoms with E-state index in [9.17, 15) is 4.79 Å². The Kier molecular flexibility index (Phi) is 5.17. The van der Waals surface area contributed by atoms with Crippen molar-refractivity contribution in [2.45, 2.75) is 32.9 Å². The molecule has 3 N–H and O–H groups in total. The van der Waals surface area contributed by atoms with Crippen LogP contribution in [0.1, 0.15) is 25.8 Å². The number of rotatable bonds is 7. The fraction of sp³-hybridized carbons (Fsp3) is 0.353. The molecule has 4 nitrogen and oxygen atoms in total. The van der Waals surface area contributed by atoms with Crippen LogP contribution in [-0.2, 0) is 11.3 Å². The predicted octanol–water partition coefficient (Wildman–Crippen LogP) is 2.59. The summed E-state index contributed by atoms with van der Waals surface area (Å²) in [6, 6.07) is 12.1. The summed E-state index contributed by atoms with van der Waals surface area (Å²) < 4.78 is 5.73. The van der Waals surface area contributed by atoms with E-state index >= 15 is 0 Å². The molecule has 2 aromatic rings. The maximum Gasteiger partial charge on any atom is 0.258 e. The van der Waals surface area contributed by atoms with Crippen molar-refractivity contribution in [3.05, 3.63) is 42.0 Å². The van der Waals surface area contributed by atoms with Gasteiger partial charge < -0.3 is 15.8 Å². The van der Waals surface area contributed by atoms with Crippen LogP contribution in [0.2, 0.25) is 0 Å². The lowest BCUT2D eigenvalue weighted by Gasteiger charge is -2.17. The standard InChI is InChI=1S/C17H22N2O2/c1-3-10-19-11-15-14-7-5-4-6-13(14)8-9-16(15)21-12(2)17(18)20/h4-9,12,19H,3,10-11H2,1-2H3,(H2,18,20). The lowest BCUT2D eigenvalue weighted by molar-refractivity contribution is -0.123. The highest BCUT2D eigenvalue weighted by atomic mass is 16.5. The largest absolute Gasteiger partial charge is 0.481 e. The van der Waals surface area contributed by atoms with E-state index in [0.29, 0.717) is 12.3 Å². The predicted molar refractivity (Wildman–Crippen MR) is 85.2 cm³/mol. The van der Waals surface area contributed by atoms with Crippen molar-refractivity contribution in [1.82, 2.24) is 5.32 Å². The number of amides is 1. The molecule has 0 aliphatic heterocycles. The second kappa shape index (κ2) is 7.09. The monoisotopic (exact) mass is 286 g/mol. The summed E-state index contributed by atoms with van der Waals surface area (Å²) in [6.07, 6.45) is 0.426. The molecule has 0 fully saturated rings. The molecule has 1 amide bonds. The molecule has 4 heteroatoms. The Morgan fingerprint density at radius 3 is 2.76 bits per heavy atom. The smallest absolute Gasteiger partial charge is 0.258 e. The molecule has 0 spiro atoms. The first-order valence-corrected chi connectivity index (χ1v) is 7.30. The van der Waals surface area contributed by atoms with Gasteiger partial charge in [-0.1, -0.05) is 37.3 Å². The van der Waals surface area contributed by atoms with Gasteiger partial charge in [0.2, 0.25) is 0 Å². The molecule has 21 heavy (non-hydrogen) atoms. The number of benzene rings is 2. The summed E-state index contributed by atoms with van der Waals surface area (Å²) in [6.45, 7) is 5.44. The minimum atomic E-state index is -0.643. The van der Waals surface area contributed by atoms with Crippen molar-refractivity contribution in [2.75, 3.05) is 6.54 Å². The SMILES string of the molecule is CCCNCc1c(OC(C)C(N)=O)ccc2ccccc12. The van der Waals surface area contributed by atoms with E-state index in [4.69, 9.17) is 10.5 Å². The normalized spacial score (nSPS) is 12.3. The molecule has 0 radical (unpaired) electrons.